The van der Waals surface area contributed by atoms with Gasteiger partial charge in [-0.25, -0.2) is 27.2 Å². The Kier molecular flexibility index (Phi) is 5.74. The van der Waals surface area contributed by atoms with Gasteiger partial charge < -0.3 is 10.5 Å². The van der Waals surface area contributed by atoms with Gasteiger partial charge in [0.25, 0.3) is 0 Å². The standard InChI is InChI=1S/C21H22F2N4O3S/c1-2-7-30-19-11-25-16(10-26-19)15(23)9-12-3-4-14(22)13(8-12)20-17-5-6-18(21(24)27-20)31(17,28)29/h3-4,8-11,17-18,20H,2,5-7H2,1H3,(H2,24,27)/b15-9-. The first-order valence-corrected chi connectivity index (χ1v) is 11.6. The van der Waals surface area contributed by atoms with Gasteiger partial charge in [0.15, 0.2) is 15.7 Å². The third-order valence-electron chi connectivity index (χ3n) is 5.46. The van der Waals surface area contributed by atoms with Crippen LogP contribution in [0.15, 0.2) is 35.6 Å². The van der Waals surface area contributed by atoms with Crippen molar-refractivity contribution in [2.24, 2.45) is 10.7 Å². The number of nitrogens with zero attached hydrogens (tertiary/aromatic N) is 3. The van der Waals surface area contributed by atoms with Gasteiger partial charge in [0.05, 0.1) is 30.3 Å². The molecule has 2 aliphatic heterocycles. The number of amidine groups is 1. The molecule has 0 aliphatic carbocycles. The smallest absolute Gasteiger partial charge is 0.232 e. The van der Waals surface area contributed by atoms with Crippen molar-refractivity contribution in [3.8, 4) is 5.88 Å². The number of nitrogens with two attached hydrogens (primary N) is 1. The lowest BCUT2D eigenvalue weighted by molar-refractivity contribution is 0.303. The summed E-state index contributed by atoms with van der Waals surface area (Å²) in [4.78, 5) is 12.3. The van der Waals surface area contributed by atoms with E-state index in [1.165, 1.54) is 36.7 Å². The molecule has 3 unspecified atom stereocenters. The number of sulfone groups is 1. The quantitative estimate of drug-likeness (QED) is 0.727. The topological polar surface area (TPSA) is 108 Å². The predicted octanol–water partition coefficient (Wildman–Crippen LogP) is 3.23. The number of hydrogen-bond donors (Lipinski definition) is 1. The van der Waals surface area contributed by atoms with Crippen LogP contribution in [0.25, 0.3) is 11.9 Å². The summed E-state index contributed by atoms with van der Waals surface area (Å²) in [5.41, 5.74) is 6.27. The van der Waals surface area contributed by atoms with Crippen LogP contribution in [0.4, 0.5) is 8.78 Å². The minimum atomic E-state index is -3.52. The van der Waals surface area contributed by atoms with Crippen LogP contribution in [0.2, 0.25) is 0 Å². The lowest BCUT2D eigenvalue weighted by Crippen LogP contribution is -2.42. The van der Waals surface area contributed by atoms with E-state index >= 15 is 0 Å². The molecule has 2 aromatic rings. The van der Waals surface area contributed by atoms with Crippen LogP contribution in [0.5, 0.6) is 5.88 Å². The first-order chi connectivity index (χ1) is 14.8. The highest BCUT2D eigenvalue weighted by Gasteiger charge is 2.51. The zero-order chi connectivity index (χ0) is 22.2. The Morgan fingerprint density at radius 3 is 2.81 bits per heavy atom. The normalized spacial score (nSPS) is 24.7. The molecule has 2 aliphatic rings. The van der Waals surface area contributed by atoms with Crippen molar-refractivity contribution in [2.45, 2.75) is 42.7 Å². The molecule has 164 valence electrons. The maximum absolute atomic E-state index is 14.7. The summed E-state index contributed by atoms with van der Waals surface area (Å²) in [5, 5.41) is -1.62. The number of rotatable bonds is 6. The van der Waals surface area contributed by atoms with Crippen molar-refractivity contribution in [3.05, 3.63) is 53.2 Å². The first kappa shape index (κ1) is 21.4. The number of aromatic nitrogens is 2. The largest absolute Gasteiger partial charge is 0.477 e. The van der Waals surface area contributed by atoms with Crippen molar-refractivity contribution in [3.63, 3.8) is 0 Å². The second-order valence-electron chi connectivity index (χ2n) is 7.55. The van der Waals surface area contributed by atoms with Gasteiger partial charge in [-0.1, -0.05) is 13.0 Å². The number of hydrogen-bond acceptors (Lipinski definition) is 7. The SMILES string of the molecule is CCCOc1cnc(/C(F)=C/c2ccc(F)c(C3N=C(N)C4CCC3S4(=O)=O)c2)cn1. The van der Waals surface area contributed by atoms with Crippen molar-refractivity contribution in [1.29, 1.82) is 0 Å². The number of fused-ring (bicyclic) bond motifs is 2. The fraction of sp³-hybridized carbons (Fsp3) is 0.381. The molecule has 7 nitrogen and oxygen atoms in total. The second-order valence-corrected chi connectivity index (χ2v) is 9.91. The van der Waals surface area contributed by atoms with E-state index in [2.05, 4.69) is 15.0 Å². The number of aliphatic imine (C=N–C) groups is 1. The van der Waals surface area contributed by atoms with Crippen molar-refractivity contribution >= 4 is 27.6 Å². The second kappa shape index (κ2) is 8.33. The zero-order valence-electron chi connectivity index (χ0n) is 16.8. The van der Waals surface area contributed by atoms with E-state index in [-0.39, 0.29) is 17.1 Å². The predicted molar refractivity (Wildman–Crippen MR) is 113 cm³/mol. The molecule has 0 spiro atoms. The van der Waals surface area contributed by atoms with Crippen LogP contribution in [-0.2, 0) is 9.84 Å². The van der Waals surface area contributed by atoms with Crippen LogP contribution in [0, 0.1) is 5.82 Å². The average molecular weight is 448 g/mol. The molecular weight excluding hydrogens is 426 g/mol. The Bertz CT molecular complexity index is 1150. The lowest BCUT2D eigenvalue weighted by Gasteiger charge is -2.26. The van der Waals surface area contributed by atoms with Gasteiger partial charge in [-0.05, 0) is 43.0 Å². The maximum atomic E-state index is 14.7. The van der Waals surface area contributed by atoms with Gasteiger partial charge in [-0.15, -0.1) is 0 Å². The Balaban J connectivity index is 1.63. The Morgan fingerprint density at radius 2 is 2.10 bits per heavy atom. The fourth-order valence-electron chi connectivity index (χ4n) is 3.93. The van der Waals surface area contributed by atoms with E-state index in [0.29, 0.717) is 30.9 Å². The highest BCUT2D eigenvalue weighted by atomic mass is 32.2. The molecule has 1 fully saturated rings. The molecule has 0 saturated carbocycles. The highest BCUT2D eigenvalue weighted by molar-refractivity contribution is 7.93. The summed E-state index contributed by atoms with van der Waals surface area (Å²) in [6, 6.07) is 3.01. The van der Waals surface area contributed by atoms with Gasteiger partial charge in [0, 0.05) is 5.56 Å². The molecule has 31 heavy (non-hydrogen) atoms. The molecule has 4 rings (SSSR count). The molecule has 10 heteroatoms. The zero-order valence-corrected chi connectivity index (χ0v) is 17.6. The molecule has 1 saturated heterocycles. The van der Waals surface area contributed by atoms with Crippen molar-refractivity contribution in [1.82, 2.24) is 9.97 Å². The van der Waals surface area contributed by atoms with Gasteiger partial charge in [-0.3, -0.25) is 4.99 Å². The molecular formula is C21H22F2N4O3S. The molecule has 2 N–H and O–H groups in total. The third kappa shape index (κ3) is 4.04. The third-order valence-corrected chi connectivity index (χ3v) is 8.07. The van der Waals surface area contributed by atoms with E-state index in [4.69, 9.17) is 10.5 Å². The van der Waals surface area contributed by atoms with E-state index in [0.717, 1.165) is 6.42 Å². The summed E-state index contributed by atoms with van der Waals surface area (Å²) in [5.74, 6) is -0.985. The van der Waals surface area contributed by atoms with Gasteiger partial charge in [0.1, 0.15) is 22.6 Å². The average Bonchev–Trinajstić information content (AvgIpc) is 2.94. The summed E-state index contributed by atoms with van der Waals surface area (Å²) in [6.45, 7) is 2.44. The van der Waals surface area contributed by atoms with E-state index in [1.54, 1.807) is 0 Å². The van der Waals surface area contributed by atoms with Gasteiger partial charge in [-0.2, -0.15) is 0 Å². The van der Waals surface area contributed by atoms with Crippen molar-refractivity contribution < 1.29 is 21.9 Å². The van der Waals surface area contributed by atoms with Gasteiger partial charge >= 0.3 is 0 Å². The van der Waals surface area contributed by atoms with Crippen LogP contribution in [-0.4, -0.2) is 41.3 Å². The minimum absolute atomic E-state index is 0.00383. The molecule has 3 heterocycles. The van der Waals surface area contributed by atoms with Crippen LogP contribution >= 0.6 is 0 Å². The number of benzene rings is 1. The van der Waals surface area contributed by atoms with Crippen molar-refractivity contribution in [2.75, 3.05) is 6.61 Å². The number of halogens is 2. The number of ether oxygens (including phenoxy) is 1. The Hall–Kier alpha value is -2.88. The van der Waals surface area contributed by atoms with Gasteiger partial charge in [0.2, 0.25) is 5.88 Å². The first-order valence-electron chi connectivity index (χ1n) is 9.99. The molecule has 0 radical (unpaired) electrons. The fourth-order valence-corrected chi connectivity index (χ4v) is 6.24. The summed E-state index contributed by atoms with van der Waals surface area (Å²) >= 11 is 0. The van der Waals surface area contributed by atoms with E-state index < -0.39 is 38.0 Å². The molecule has 1 aromatic carbocycles. The maximum Gasteiger partial charge on any atom is 0.232 e. The summed E-state index contributed by atoms with van der Waals surface area (Å²) < 4.78 is 59.9. The van der Waals surface area contributed by atoms with Crippen LogP contribution < -0.4 is 10.5 Å². The Labute approximate surface area is 179 Å². The summed E-state index contributed by atoms with van der Waals surface area (Å²) in [7, 11) is -3.52. The summed E-state index contributed by atoms with van der Waals surface area (Å²) in [6.07, 6.45) is 5.31. The molecule has 3 atom stereocenters. The molecule has 2 bridgehead atoms. The Morgan fingerprint density at radius 1 is 1.29 bits per heavy atom. The molecule has 1 aromatic heterocycles. The minimum Gasteiger partial charge on any atom is -0.477 e. The monoisotopic (exact) mass is 448 g/mol. The molecule has 0 amide bonds. The van der Waals surface area contributed by atoms with E-state index in [1.807, 2.05) is 6.92 Å². The van der Waals surface area contributed by atoms with Crippen LogP contribution in [0.3, 0.4) is 0 Å². The van der Waals surface area contributed by atoms with Crippen LogP contribution in [0.1, 0.15) is 49.0 Å². The van der Waals surface area contributed by atoms with E-state index in [9.17, 15) is 17.2 Å². The highest BCUT2D eigenvalue weighted by Crippen LogP contribution is 2.42. The lowest BCUT2D eigenvalue weighted by atomic mass is 9.98.